The van der Waals surface area contributed by atoms with Crippen molar-refractivity contribution in [1.82, 2.24) is 29.1 Å². The van der Waals surface area contributed by atoms with E-state index >= 15 is 0 Å². The quantitative estimate of drug-likeness (QED) is 0.311. The van der Waals surface area contributed by atoms with Gasteiger partial charge in [-0.3, -0.25) is 4.57 Å². The van der Waals surface area contributed by atoms with Gasteiger partial charge in [0.2, 0.25) is 0 Å². The van der Waals surface area contributed by atoms with Crippen LogP contribution >= 0.6 is 0 Å². The van der Waals surface area contributed by atoms with E-state index in [4.69, 9.17) is 4.98 Å². The first-order chi connectivity index (χ1) is 18.1. The Balaban J connectivity index is 1.53. The minimum Gasteiger partial charge on any atom is -0.371 e. The minimum atomic E-state index is -4.52. The van der Waals surface area contributed by atoms with Crippen LogP contribution in [-0.4, -0.2) is 36.1 Å². The molecule has 8 nitrogen and oxygen atoms in total. The molecule has 3 aromatic heterocycles. The van der Waals surface area contributed by atoms with Gasteiger partial charge in [-0.25, -0.2) is 19.7 Å². The molecule has 0 saturated carbocycles. The van der Waals surface area contributed by atoms with Crippen molar-refractivity contribution in [3.63, 3.8) is 0 Å². The van der Waals surface area contributed by atoms with Gasteiger partial charge in [0.25, 0.3) is 0 Å². The van der Waals surface area contributed by atoms with Gasteiger partial charge in [0.05, 0.1) is 6.54 Å². The predicted octanol–water partition coefficient (Wildman–Crippen LogP) is 5.42. The van der Waals surface area contributed by atoms with Crippen molar-refractivity contribution < 1.29 is 13.2 Å². The van der Waals surface area contributed by atoms with Gasteiger partial charge in [-0.1, -0.05) is 62.4 Å². The fraction of sp³-hybridized carbons (Fsp3) is 0.259. The van der Waals surface area contributed by atoms with Gasteiger partial charge in [-0.2, -0.15) is 13.2 Å². The fourth-order valence-electron chi connectivity index (χ4n) is 4.50. The average Bonchev–Trinajstić information content (AvgIpc) is 3.43. The number of nitrogens with one attached hydrogen (secondary N) is 2. The molecule has 0 saturated heterocycles. The molecular weight excluding hydrogens is 495 g/mol. The smallest absolute Gasteiger partial charge is 0.371 e. The number of rotatable bonds is 6. The maximum atomic E-state index is 13.1. The summed E-state index contributed by atoms with van der Waals surface area (Å²) in [4.78, 5) is 29.0. The molecule has 5 rings (SSSR count). The Kier molecular flexibility index (Phi) is 6.29. The highest BCUT2D eigenvalue weighted by Crippen LogP contribution is 2.31. The molecule has 0 aliphatic carbocycles. The summed E-state index contributed by atoms with van der Waals surface area (Å²) < 4.78 is 42.1. The largest absolute Gasteiger partial charge is 0.434 e. The molecule has 38 heavy (non-hydrogen) atoms. The SMILES string of the molecule is CNc1nc(-c2ccccc2C(C)C)nc2c1[nH]c(=O)n2Cc1ccc(-c2nc(C(F)(F)F)cn2C)cc1. The Labute approximate surface area is 216 Å². The number of halogens is 3. The van der Waals surface area contributed by atoms with Gasteiger partial charge >= 0.3 is 11.9 Å². The number of hydrogen-bond donors (Lipinski definition) is 2. The van der Waals surface area contributed by atoms with Crippen LogP contribution in [0.3, 0.4) is 0 Å². The number of benzene rings is 2. The summed E-state index contributed by atoms with van der Waals surface area (Å²) in [6, 6.07) is 14.8. The van der Waals surface area contributed by atoms with E-state index in [1.807, 2.05) is 24.3 Å². The number of H-pyrrole nitrogens is 1. The predicted molar refractivity (Wildman–Crippen MR) is 140 cm³/mol. The van der Waals surface area contributed by atoms with Crippen molar-refractivity contribution in [2.75, 3.05) is 12.4 Å². The molecule has 2 N–H and O–H groups in total. The molecular formula is C27H26F3N7O. The van der Waals surface area contributed by atoms with Crippen molar-refractivity contribution in [2.45, 2.75) is 32.5 Å². The van der Waals surface area contributed by atoms with Crippen LogP contribution in [0.5, 0.6) is 0 Å². The summed E-state index contributed by atoms with van der Waals surface area (Å²) in [5.41, 5.74) is 2.94. The van der Waals surface area contributed by atoms with E-state index in [1.165, 1.54) is 16.2 Å². The summed E-state index contributed by atoms with van der Waals surface area (Å²) in [5.74, 6) is 1.46. The summed E-state index contributed by atoms with van der Waals surface area (Å²) in [6.45, 7) is 4.40. The Hall–Kier alpha value is -4.41. The number of anilines is 1. The molecule has 3 heterocycles. The molecule has 0 unspecified atom stereocenters. The Morgan fingerprint density at radius 1 is 1.03 bits per heavy atom. The molecule has 0 aliphatic heterocycles. The summed E-state index contributed by atoms with van der Waals surface area (Å²) in [5, 5.41) is 3.05. The van der Waals surface area contributed by atoms with E-state index in [0.717, 1.165) is 22.9 Å². The Morgan fingerprint density at radius 3 is 2.37 bits per heavy atom. The number of aryl methyl sites for hydroxylation is 1. The number of alkyl halides is 3. The van der Waals surface area contributed by atoms with Crippen molar-refractivity contribution in [3.8, 4) is 22.8 Å². The zero-order valence-corrected chi connectivity index (χ0v) is 21.3. The minimum absolute atomic E-state index is 0.202. The zero-order valence-electron chi connectivity index (χ0n) is 21.3. The van der Waals surface area contributed by atoms with Crippen LogP contribution in [-0.2, 0) is 19.8 Å². The van der Waals surface area contributed by atoms with Crippen LogP contribution in [0.25, 0.3) is 33.9 Å². The van der Waals surface area contributed by atoms with Crippen LogP contribution in [0, 0.1) is 0 Å². The second kappa shape index (κ2) is 9.47. The maximum Gasteiger partial charge on any atom is 0.434 e. The van der Waals surface area contributed by atoms with E-state index in [-0.39, 0.29) is 24.0 Å². The second-order valence-electron chi connectivity index (χ2n) is 9.36. The lowest BCUT2D eigenvalue weighted by Crippen LogP contribution is -2.17. The van der Waals surface area contributed by atoms with Gasteiger partial charge < -0.3 is 14.9 Å². The Morgan fingerprint density at radius 2 is 1.74 bits per heavy atom. The highest BCUT2D eigenvalue weighted by molar-refractivity contribution is 5.85. The van der Waals surface area contributed by atoms with Gasteiger partial charge in [0.1, 0.15) is 11.3 Å². The van der Waals surface area contributed by atoms with Crippen molar-refractivity contribution >= 4 is 17.0 Å². The zero-order chi connectivity index (χ0) is 27.2. The van der Waals surface area contributed by atoms with Crippen LogP contribution in [0.4, 0.5) is 19.0 Å². The van der Waals surface area contributed by atoms with E-state index < -0.39 is 11.9 Å². The lowest BCUT2D eigenvalue weighted by molar-refractivity contribution is -0.140. The average molecular weight is 522 g/mol. The van der Waals surface area contributed by atoms with Crippen LogP contribution in [0.15, 0.2) is 59.5 Å². The third-order valence-corrected chi connectivity index (χ3v) is 6.40. The van der Waals surface area contributed by atoms with Gasteiger partial charge in [-0.05, 0) is 17.0 Å². The number of aromatic nitrogens is 6. The van der Waals surface area contributed by atoms with E-state index in [0.29, 0.717) is 28.4 Å². The molecule has 0 fully saturated rings. The number of fused-ring (bicyclic) bond motifs is 1. The standard InChI is InChI=1S/C27H26F3N7O/c1-15(2)18-7-5-6-8-19(18)22-34-23(31-3)21-25(35-22)37(26(38)33-21)13-16-9-11-17(12-10-16)24-32-20(14-36(24)4)27(28,29)30/h5-12,14-15H,13H2,1-4H3,(H,33,38)(H,31,34,35). The maximum absolute atomic E-state index is 13.1. The third kappa shape index (κ3) is 4.55. The molecule has 0 atom stereocenters. The summed E-state index contributed by atoms with van der Waals surface area (Å²) >= 11 is 0. The van der Waals surface area contributed by atoms with Crippen molar-refractivity contribution in [3.05, 3.63) is 82.0 Å². The summed E-state index contributed by atoms with van der Waals surface area (Å²) in [6.07, 6.45) is -3.56. The van der Waals surface area contributed by atoms with E-state index in [9.17, 15) is 18.0 Å². The molecule has 5 aromatic rings. The van der Waals surface area contributed by atoms with Crippen LogP contribution < -0.4 is 11.0 Å². The van der Waals surface area contributed by atoms with Crippen molar-refractivity contribution in [2.24, 2.45) is 7.05 Å². The molecule has 0 radical (unpaired) electrons. The summed E-state index contributed by atoms with van der Waals surface area (Å²) in [7, 11) is 3.25. The van der Waals surface area contributed by atoms with E-state index in [2.05, 4.69) is 34.1 Å². The first kappa shape index (κ1) is 25.2. The van der Waals surface area contributed by atoms with Crippen molar-refractivity contribution in [1.29, 1.82) is 0 Å². The highest BCUT2D eigenvalue weighted by atomic mass is 19.4. The monoisotopic (exact) mass is 521 g/mol. The highest BCUT2D eigenvalue weighted by Gasteiger charge is 2.34. The van der Waals surface area contributed by atoms with Crippen LogP contribution in [0.2, 0.25) is 0 Å². The molecule has 0 spiro atoms. The van der Waals surface area contributed by atoms with Crippen LogP contribution in [0.1, 0.15) is 36.6 Å². The molecule has 2 aromatic carbocycles. The first-order valence-corrected chi connectivity index (χ1v) is 12.0. The second-order valence-corrected chi connectivity index (χ2v) is 9.36. The molecule has 196 valence electrons. The number of nitrogens with zero attached hydrogens (tertiary/aromatic N) is 5. The first-order valence-electron chi connectivity index (χ1n) is 12.0. The normalized spacial score (nSPS) is 12.0. The molecule has 11 heteroatoms. The Bertz CT molecular complexity index is 1680. The molecule has 0 aliphatic rings. The van der Waals surface area contributed by atoms with Gasteiger partial charge in [-0.15, -0.1) is 0 Å². The lowest BCUT2D eigenvalue weighted by atomic mass is 9.97. The lowest BCUT2D eigenvalue weighted by Gasteiger charge is -2.13. The fourth-order valence-corrected chi connectivity index (χ4v) is 4.50. The van der Waals surface area contributed by atoms with E-state index in [1.54, 1.807) is 31.3 Å². The topological polar surface area (TPSA) is 93.4 Å². The number of hydrogen-bond acceptors (Lipinski definition) is 5. The molecule has 0 amide bonds. The number of imidazole rings is 2. The number of aromatic amines is 1. The molecule has 0 bridgehead atoms. The van der Waals surface area contributed by atoms with Gasteiger partial charge in [0.15, 0.2) is 23.0 Å². The third-order valence-electron chi connectivity index (χ3n) is 6.40. The van der Waals surface area contributed by atoms with Gasteiger partial charge in [0, 0.05) is 31.4 Å².